The number of carbonyl (C=O) groups is 2. The minimum atomic E-state index is -0.953. The van der Waals surface area contributed by atoms with Crippen molar-refractivity contribution in [3.63, 3.8) is 0 Å². The van der Waals surface area contributed by atoms with Crippen LogP contribution in [0.1, 0.15) is 18.4 Å². The number of carboxylic acid groups (broad SMARTS) is 1. The van der Waals surface area contributed by atoms with Crippen molar-refractivity contribution in [1.29, 1.82) is 0 Å². The maximum atomic E-state index is 12.2. The van der Waals surface area contributed by atoms with Gasteiger partial charge in [0, 0.05) is 11.6 Å². The number of halogens is 1. The van der Waals surface area contributed by atoms with Gasteiger partial charge in [-0.25, -0.2) is 0 Å². The van der Waals surface area contributed by atoms with Gasteiger partial charge >= 0.3 is 5.97 Å². The predicted molar refractivity (Wildman–Crippen MR) is 76.1 cm³/mol. The van der Waals surface area contributed by atoms with Gasteiger partial charge in [0.15, 0.2) is 0 Å². The average Bonchev–Trinajstić information content (AvgIpc) is 2.45. The average molecular weight is 294 g/mol. The van der Waals surface area contributed by atoms with Crippen LogP contribution in [0.5, 0.6) is 0 Å². The number of benzene rings is 1. The van der Waals surface area contributed by atoms with Crippen molar-refractivity contribution in [3.05, 3.63) is 47.0 Å². The van der Waals surface area contributed by atoms with Gasteiger partial charge in [-0.15, -0.1) is 0 Å². The molecule has 0 bridgehead atoms. The molecule has 0 radical (unpaired) electrons. The van der Waals surface area contributed by atoms with Gasteiger partial charge in [-0.3, -0.25) is 9.59 Å². The number of carbonyl (C=O) groups excluding carboxylic acids is 1. The topological polar surface area (TPSA) is 66.4 Å². The minimum Gasteiger partial charge on any atom is -0.481 e. The van der Waals surface area contributed by atoms with Crippen LogP contribution in [0.25, 0.3) is 0 Å². The van der Waals surface area contributed by atoms with Crippen LogP contribution in [0.4, 0.5) is 0 Å². The van der Waals surface area contributed by atoms with Crippen LogP contribution in [0, 0.1) is 11.8 Å². The molecule has 2 N–H and O–H groups in total. The zero-order chi connectivity index (χ0) is 14.5. The van der Waals surface area contributed by atoms with E-state index in [9.17, 15) is 14.7 Å². The molecule has 2 atom stereocenters. The van der Waals surface area contributed by atoms with E-state index in [4.69, 9.17) is 11.6 Å². The van der Waals surface area contributed by atoms with Gasteiger partial charge in [-0.2, -0.15) is 0 Å². The van der Waals surface area contributed by atoms with Gasteiger partial charge in [0.2, 0.25) is 5.91 Å². The number of hydrogen-bond acceptors (Lipinski definition) is 2. The Morgan fingerprint density at radius 2 is 1.95 bits per heavy atom. The van der Waals surface area contributed by atoms with Gasteiger partial charge < -0.3 is 10.4 Å². The first-order valence-corrected chi connectivity index (χ1v) is 6.84. The van der Waals surface area contributed by atoms with Crippen molar-refractivity contribution >= 4 is 23.5 Å². The SMILES string of the molecule is O=C(NCc1ccccc1)[C@H]1CC(Cl)=CC[C@H]1C(=O)O. The molecule has 0 unspecified atom stereocenters. The summed E-state index contributed by atoms with van der Waals surface area (Å²) in [7, 11) is 0. The standard InChI is InChI=1S/C15H16ClNO3/c16-11-6-7-12(15(19)20)13(8-11)14(18)17-9-10-4-2-1-3-5-10/h1-6,12-13H,7-9H2,(H,17,18)(H,19,20)/t12-,13+/m1/s1. The summed E-state index contributed by atoms with van der Waals surface area (Å²) in [6, 6.07) is 9.49. The molecule has 0 aliphatic heterocycles. The number of nitrogens with one attached hydrogen (secondary N) is 1. The van der Waals surface area contributed by atoms with Crippen molar-refractivity contribution < 1.29 is 14.7 Å². The Balaban J connectivity index is 2.00. The van der Waals surface area contributed by atoms with Crippen molar-refractivity contribution in [3.8, 4) is 0 Å². The molecule has 1 aromatic carbocycles. The number of amides is 1. The molecule has 0 saturated heterocycles. The van der Waals surface area contributed by atoms with Crippen molar-refractivity contribution in [2.24, 2.45) is 11.8 Å². The Labute approximate surface area is 122 Å². The predicted octanol–water partition coefficient (Wildman–Crippen LogP) is 2.54. The lowest BCUT2D eigenvalue weighted by Crippen LogP contribution is -2.39. The van der Waals surface area contributed by atoms with Gasteiger partial charge in [0.05, 0.1) is 11.8 Å². The molecule has 0 fully saturated rings. The first-order chi connectivity index (χ1) is 9.58. The minimum absolute atomic E-state index is 0.257. The highest BCUT2D eigenvalue weighted by molar-refractivity contribution is 6.29. The largest absolute Gasteiger partial charge is 0.481 e. The normalized spacial score (nSPS) is 21.9. The first kappa shape index (κ1) is 14.6. The lowest BCUT2D eigenvalue weighted by Gasteiger charge is -2.25. The molecule has 1 amide bonds. The van der Waals surface area contributed by atoms with E-state index in [2.05, 4.69) is 5.32 Å². The number of rotatable bonds is 4. The fourth-order valence-electron chi connectivity index (χ4n) is 2.32. The Kier molecular flexibility index (Phi) is 4.79. The Morgan fingerprint density at radius 3 is 2.60 bits per heavy atom. The summed E-state index contributed by atoms with van der Waals surface area (Å²) in [6.07, 6.45) is 2.28. The summed E-state index contributed by atoms with van der Waals surface area (Å²) >= 11 is 5.93. The molecule has 5 heteroatoms. The molecule has 2 rings (SSSR count). The summed E-state index contributed by atoms with van der Waals surface area (Å²) < 4.78 is 0. The summed E-state index contributed by atoms with van der Waals surface area (Å²) in [4.78, 5) is 23.4. The van der Waals surface area contributed by atoms with Gasteiger partial charge in [-0.1, -0.05) is 48.0 Å². The monoisotopic (exact) mass is 293 g/mol. The van der Waals surface area contributed by atoms with E-state index in [0.29, 0.717) is 24.4 Å². The molecule has 1 aromatic rings. The van der Waals surface area contributed by atoms with E-state index in [1.54, 1.807) is 6.08 Å². The third-order valence-corrected chi connectivity index (χ3v) is 3.77. The van der Waals surface area contributed by atoms with E-state index in [1.807, 2.05) is 30.3 Å². The maximum absolute atomic E-state index is 12.2. The Hall–Kier alpha value is -1.81. The molecule has 106 valence electrons. The van der Waals surface area contributed by atoms with Crippen LogP contribution in [0.2, 0.25) is 0 Å². The first-order valence-electron chi connectivity index (χ1n) is 6.47. The van der Waals surface area contributed by atoms with Gasteiger partial charge in [0.25, 0.3) is 0 Å². The molecule has 1 aliphatic carbocycles. The maximum Gasteiger partial charge on any atom is 0.307 e. The highest BCUT2D eigenvalue weighted by Crippen LogP contribution is 2.32. The fraction of sp³-hybridized carbons (Fsp3) is 0.333. The van der Waals surface area contributed by atoms with Gasteiger partial charge in [0.1, 0.15) is 0 Å². The number of aliphatic carboxylic acids is 1. The molecule has 0 heterocycles. The zero-order valence-corrected chi connectivity index (χ0v) is 11.6. The molecular formula is C15H16ClNO3. The second-order valence-electron chi connectivity index (χ2n) is 4.85. The Morgan fingerprint density at radius 1 is 1.25 bits per heavy atom. The number of allylic oxidation sites excluding steroid dienone is 2. The summed E-state index contributed by atoms with van der Waals surface area (Å²) in [5, 5.41) is 12.5. The van der Waals surface area contributed by atoms with E-state index >= 15 is 0 Å². The molecule has 0 aromatic heterocycles. The van der Waals surface area contributed by atoms with Gasteiger partial charge in [-0.05, 0) is 18.4 Å². The zero-order valence-electron chi connectivity index (χ0n) is 10.9. The van der Waals surface area contributed by atoms with Crippen LogP contribution in [0.3, 0.4) is 0 Å². The molecule has 20 heavy (non-hydrogen) atoms. The molecule has 1 aliphatic rings. The van der Waals surface area contributed by atoms with Crippen molar-refractivity contribution in [2.75, 3.05) is 0 Å². The fourth-order valence-corrected chi connectivity index (χ4v) is 2.57. The molecule has 0 spiro atoms. The third kappa shape index (κ3) is 3.61. The van der Waals surface area contributed by atoms with E-state index in [1.165, 1.54) is 0 Å². The second-order valence-corrected chi connectivity index (χ2v) is 5.33. The van der Waals surface area contributed by atoms with Crippen LogP contribution in [-0.4, -0.2) is 17.0 Å². The molecular weight excluding hydrogens is 278 g/mol. The Bertz CT molecular complexity index is 527. The van der Waals surface area contributed by atoms with E-state index in [0.717, 1.165) is 5.56 Å². The smallest absolute Gasteiger partial charge is 0.307 e. The molecule has 0 saturated carbocycles. The lowest BCUT2D eigenvalue weighted by atomic mass is 9.82. The van der Waals surface area contributed by atoms with Crippen molar-refractivity contribution in [1.82, 2.24) is 5.32 Å². The van der Waals surface area contributed by atoms with Crippen LogP contribution in [-0.2, 0) is 16.1 Å². The van der Waals surface area contributed by atoms with Crippen LogP contribution >= 0.6 is 11.6 Å². The summed E-state index contributed by atoms with van der Waals surface area (Å²) in [5.74, 6) is -2.51. The van der Waals surface area contributed by atoms with Crippen molar-refractivity contribution in [2.45, 2.75) is 19.4 Å². The highest BCUT2D eigenvalue weighted by Gasteiger charge is 2.35. The van der Waals surface area contributed by atoms with Crippen LogP contribution in [0.15, 0.2) is 41.4 Å². The van der Waals surface area contributed by atoms with E-state index in [-0.39, 0.29) is 5.91 Å². The number of hydrogen-bond donors (Lipinski definition) is 2. The number of carboxylic acids is 1. The third-order valence-electron chi connectivity index (χ3n) is 3.46. The van der Waals surface area contributed by atoms with Crippen LogP contribution < -0.4 is 5.32 Å². The summed E-state index contributed by atoms with van der Waals surface area (Å²) in [5.41, 5.74) is 0.977. The highest BCUT2D eigenvalue weighted by atomic mass is 35.5. The lowest BCUT2D eigenvalue weighted by molar-refractivity contribution is -0.147. The molecule has 4 nitrogen and oxygen atoms in total. The second kappa shape index (κ2) is 6.57. The quantitative estimate of drug-likeness (QED) is 0.896. The summed E-state index contributed by atoms with van der Waals surface area (Å²) in [6.45, 7) is 0.393. The van der Waals surface area contributed by atoms with E-state index < -0.39 is 17.8 Å².